The van der Waals surface area contributed by atoms with Crippen LogP contribution in [0.15, 0.2) is 36.4 Å². The minimum Gasteiger partial charge on any atom is -0.497 e. The van der Waals surface area contributed by atoms with Gasteiger partial charge in [0.1, 0.15) is 11.5 Å². The minimum atomic E-state index is -0.319. The van der Waals surface area contributed by atoms with Crippen LogP contribution in [0.3, 0.4) is 0 Å². The number of methoxy groups -OCH3 is 4. The number of hydrogen-bond donors (Lipinski definition) is 1. The van der Waals surface area contributed by atoms with Gasteiger partial charge in [-0.3, -0.25) is 9.59 Å². The fourth-order valence-electron chi connectivity index (χ4n) is 3.25. The van der Waals surface area contributed by atoms with Crippen LogP contribution in [-0.4, -0.2) is 52.8 Å². The first-order chi connectivity index (χ1) is 14.0. The van der Waals surface area contributed by atoms with Crippen LogP contribution in [0.1, 0.15) is 16.8 Å². The molecule has 0 aliphatic carbocycles. The van der Waals surface area contributed by atoms with Gasteiger partial charge in [0.05, 0.1) is 34.5 Å². The second-order valence-electron chi connectivity index (χ2n) is 6.52. The highest BCUT2D eigenvalue weighted by Gasteiger charge is 2.32. The molecule has 0 bridgehead atoms. The SMILES string of the molecule is COc1cc(OC)cc(C(=O)N[C@H]2CC(=O)N(c3ccc(OC)c(OC)c3)C2)c1. The summed E-state index contributed by atoms with van der Waals surface area (Å²) in [5, 5.41) is 2.91. The van der Waals surface area contributed by atoms with Gasteiger partial charge >= 0.3 is 0 Å². The third-order valence-electron chi connectivity index (χ3n) is 4.75. The second kappa shape index (κ2) is 8.72. The number of carbonyl (C=O) groups is 2. The van der Waals surface area contributed by atoms with E-state index >= 15 is 0 Å². The zero-order valence-electron chi connectivity index (χ0n) is 16.9. The molecule has 8 nitrogen and oxygen atoms in total. The molecule has 1 heterocycles. The van der Waals surface area contributed by atoms with Crippen molar-refractivity contribution in [2.24, 2.45) is 0 Å². The Bertz CT molecular complexity index is 892. The number of ether oxygens (including phenoxy) is 4. The van der Waals surface area contributed by atoms with E-state index in [1.54, 1.807) is 55.5 Å². The molecule has 0 radical (unpaired) electrons. The summed E-state index contributed by atoms with van der Waals surface area (Å²) in [5.41, 5.74) is 1.09. The number of nitrogens with zero attached hydrogens (tertiary/aromatic N) is 1. The van der Waals surface area contributed by atoms with E-state index in [-0.39, 0.29) is 24.3 Å². The summed E-state index contributed by atoms with van der Waals surface area (Å²) >= 11 is 0. The van der Waals surface area contributed by atoms with Gasteiger partial charge in [0.2, 0.25) is 5.91 Å². The number of nitrogens with one attached hydrogen (secondary N) is 1. The molecule has 2 aromatic rings. The molecule has 154 valence electrons. The van der Waals surface area contributed by atoms with Crippen molar-refractivity contribution in [1.82, 2.24) is 5.32 Å². The molecule has 2 amide bonds. The molecule has 0 spiro atoms. The maximum atomic E-state index is 12.7. The van der Waals surface area contributed by atoms with Crippen molar-refractivity contribution in [3.8, 4) is 23.0 Å². The van der Waals surface area contributed by atoms with Crippen LogP contribution in [0.4, 0.5) is 5.69 Å². The van der Waals surface area contributed by atoms with Gasteiger partial charge in [-0.15, -0.1) is 0 Å². The Balaban J connectivity index is 1.73. The summed E-state index contributed by atoms with van der Waals surface area (Å²) < 4.78 is 21.0. The summed E-state index contributed by atoms with van der Waals surface area (Å²) in [6.07, 6.45) is 0.210. The summed E-state index contributed by atoms with van der Waals surface area (Å²) in [4.78, 5) is 26.8. The largest absolute Gasteiger partial charge is 0.497 e. The van der Waals surface area contributed by atoms with Gasteiger partial charge in [-0.1, -0.05) is 0 Å². The lowest BCUT2D eigenvalue weighted by atomic mass is 10.1. The van der Waals surface area contributed by atoms with Crippen LogP contribution >= 0.6 is 0 Å². The first kappa shape index (κ1) is 20.3. The predicted octanol–water partition coefficient (Wildman–Crippen LogP) is 2.26. The van der Waals surface area contributed by atoms with Crippen molar-refractivity contribution in [3.05, 3.63) is 42.0 Å². The Hall–Kier alpha value is -3.42. The Labute approximate surface area is 169 Å². The molecule has 0 saturated carbocycles. The van der Waals surface area contributed by atoms with Crippen molar-refractivity contribution in [1.29, 1.82) is 0 Å². The highest BCUT2D eigenvalue weighted by molar-refractivity contribution is 5.99. The molecule has 8 heteroatoms. The van der Waals surface area contributed by atoms with Gasteiger partial charge in [0.15, 0.2) is 11.5 Å². The fraction of sp³-hybridized carbons (Fsp3) is 0.333. The molecule has 0 unspecified atom stereocenters. The smallest absolute Gasteiger partial charge is 0.251 e. The van der Waals surface area contributed by atoms with E-state index < -0.39 is 0 Å². The second-order valence-corrected chi connectivity index (χ2v) is 6.52. The lowest BCUT2D eigenvalue weighted by Gasteiger charge is -2.19. The molecule has 1 aliphatic rings. The average molecular weight is 400 g/mol. The van der Waals surface area contributed by atoms with E-state index in [0.717, 1.165) is 0 Å². The first-order valence-electron chi connectivity index (χ1n) is 9.05. The molecule has 1 atom stereocenters. The number of amides is 2. The first-order valence-corrected chi connectivity index (χ1v) is 9.05. The van der Waals surface area contributed by atoms with E-state index in [1.807, 2.05) is 0 Å². The van der Waals surface area contributed by atoms with Crippen molar-refractivity contribution < 1.29 is 28.5 Å². The maximum Gasteiger partial charge on any atom is 0.251 e. The van der Waals surface area contributed by atoms with Crippen LogP contribution < -0.4 is 29.2 Å². The van der Waals surface area contributed by atoms with E-state index in [2.05, 4.69) is 5.32 Å². The molecular weight excluding hydrogens is 376 g/mol. The van der Waals surface area contributed by atoms with Crippen molar-refractivity contribution in [2.75, 3.05) is 39.9 Å². The molecule has 3 rings (SSSR count). The Morgan fingerprint density at radius 2 is 1.59 bits per heavy atom. The average Bonchev–Trinajstić information content (AvgIpc) is 3.12. The lowest BCUT2D eigenvalue weighted by Crippen LogP contribution is -2.37. The van der Waals surface area contributed by atoms with Gasteiger partial charge in [0, 0.05) is 36.3 Å². The standard InChI is InChI=1S/C21H24N2O6/c1-26-16-7-13(8-17(11-16)27-2)21(25)22-14-9-20(24)23(12-14)15-5-6-18(28-3)19(10-15)29-4/h5-8,10-11,14H,9,12H2,1-4H3,(H,22,25)/t14-/m0/s1. The van der Waals surface area contributed by atoms with Gasteiger partial charge in [-0.05, 0) is 24.3 Å². The summed E-state index contributed by atoms with van der Waals surface area (Å²) in [7, 11) is 6.14. The molecule has 1 N–H and O–H groups in total. The number of benzene rings is 2. The normalized spacial score (nSPS) is 15.8. The molecular formula is C21H24N2O6. The van der Waals surface area contributed by atoms with Crippen LogP contribution in [0.25, 0.3) is 0 Å². The van der Waals surface area contributed by atoms with Crippen LogP contribution in [0, 0.1) is 0 Å². The molecule has 1 saturated heterocycles. The van der Waals surface area contributed by atoms with Crippen molar-refractivity contribution >= 4 is 17.5 Å². The van der Waals surface area contributed by atoms with E-state index in [1.165, 1.54) is 14.2 Å². The number of carbonyl (C=O) groups excluding carboxylic acids is 2. The number of anilines is 1. The van der Waals surface area contributed by atoms with E-state index in [4.69, 9.17) is 18.9 Å². The zero-order valence-corrected chi connectivity index (χ0v) is 16.9. The van der Waals surface area contributed by atoms with Gasteiger partial charge < -0.3 is 29.2 Å². The molecule has 1 aliphatic heterocycles. The topological polar surface area (TPSA) is 86.3 Å². The predicted molar refractivity (Wildman–Crippen MR) is 107 cm³/mol. The number of rotatable bonds is 7. The van der Waals surface area contributed by atoms with E-state index in [9.17, 15) is 9.59 Å². The Morgan fingerprint density at radius 1 is 0.931 bits per heavy atom. The van der Waals surface area contributed by atoms with Crippen molar-refractivity contribution in [3.63, 3.8) is 0 Å². The monoisotopic (exact) mass is 400 g/mol. The van der Waals surface area contributed by atoms with Crippen LogP contribution in [0.2, 0.25) is 0 Å². The van der Waals surface area contributed by atoms with Gasteiger partial charge in [-0.2, -0.15) is 0 Å². The quantitative estimate of drug-likeness (QED) is 0.767. The highest BCUT2D eigenvalue weighted by atomic mass is 16.5. The van der Waals surface area contributed by atoms with Gasteiger partial charge in [-0.25, -0.2) is 0 Å². The third kappa shape index (κ3) is 4.37. The molecule has 1 fully saturated rings. The summed E-state index contributed by atoms with van der Waals surface area (Å²) in [6.45, 7) is 0.362. The molecule has 29 heavy (non-hydrogen) atoms. The fourth-order valence-corrected chi connectivity index (χ4v) is 3.25. The van der Waals surface area contributed by atoms with Crippen LogP contribution in [0.5, 0.6) is 23.0 Å². The minimum absolute atomic E-state index is 0.0780. The van der Waals surface area contributed by atoms with Crippen molar-refractivity contribution in [2.45, 2.75) is 12.5 Å². The third-order valence-corrected chi connectivity index (χ3v) is 4.75. The lowest BCUT2D eigenvalue weighted by molar-refractivity contribution is -0.117. The Kier molecular flexibility index (Phi) is 6.11. The highest BCUT2D eigenvalue weighted by Crippen LogP contribution is 2.33. The van der Waals surface area contributed by atoms with E-state index in [0.29, 0.717) is 40.8 Å². The van der Waals surface area contributed by atoms with Crippen LogP contribution in [-0.2, 0) is 4.79 Å². The Morgan fingerprint density at radius 3 is 2.17 bits per heavy atom. The summed E-state index contributed by atoms with van der Waals surface area (Å²) in [5.74, 6) is 1.78. The molecule has 2 aromatic carbocycles. The maximum absolute atomic E-state index is 12.7. The van der Waals surface area contributed by atoms with Gasteiger partial charge in [0.25, 0.3) is 5.91 Å². The number of hydrogen-bond acceptors (Lipinski definition) is 6. The zero-order chi connectivity index (χ0) is 21.0. The summed E-state index contributed by atoms with van der Waals surface area (Å²) in [6, 6.07) is 9.90. The molecule has 0 aromatic heterocycles.